The minimum absolute atomic E-state index is 0.197. The number of imidazole rings is 1. The molecule has 1 aromatic carbocycles. The van der Waals surface area contributed by atoms with Crippen LogP contribution in [0.1, 0.15) is 34.7 Å². The van der Waals surface area contributed by atoms with Crippen LogP contribution in [0.15, 0.2) is 30.6 Å². The van der Waals surface area contributed by atoms with Crippen LogP contribution in [-0.4, -0.2) is 15.9 Å². The van der Waals surface area contributed by atoms with Gasteiger partial charge >= 0.3 is 0 Å². The molecule has 1 unspecified atom stereocenters. The van der Waals surface area contributed by atoms with Gasteiger partial charge in [0.25, 0.3) is 5.91 Å². The maximum atomic E-state index is 12.2. The maximum absolute atomic E-state index is 12.2. The Morgan fingerprint density at radius 2 is 2.26 bits per heavy atom. The fourth-order valence-electron chi connectivity index (χ4n) is 1.83. The largest absolute Gasteiger partial charge is 0.347 e. The van der Waals surface area contributed by atoms with Crippen molar-refractivity contribution in [3.8, 4) is 0 Å². The Balaban J connectivity index is 2.16. The first-order valence-corrected chi connectivity index (χ1v) is 5.99. The lowest BCUT2D eigenvalue weighted by molar-refractivity contribution is 0.0939. The summed E-state index contributed by atoms with van der Waals surface area (Å²) in [7, 11) is 0. The number of aryl methyl sites for hydroxylation is 1. The number of hydrogen-bond acceptors (Lipinski definition) is 4. The van der Waals surface area contributed by atoms with Gasteiger partial charge in [0, 0.05) is 12.4 Å². The maximum Gasteiger partial charge on any atom is 0.254 e. The number of aromatic amines is 1. The van der Waals surface area contributed by atoms with Gasteiger partial charge in [0.05, 0.1) is 17.3 Å². The molecule has 0 aliphatic rings. The van der Waals surface area contributed by atoms with Crippen molar-refractivity contribution in [2.24, 2.45) is 5.84 Å². The molecule has 2 aromatic rings. The van der Waals surface area contributed by atoms with Crippen LogP contribution >= 0.6 is 0 Å². The number of nitrogens with two attached hydrogens (primary N) is 1. The molecule has 1 aromatic heterocycles. The molecule has 1 heterocycles. The number of aromatic nitrogens is 2. The van der Waals surface area contributed by atoms with E-state index < -0.39 is 0 Å². The van der Waals surface area contributed by atoms with Crippen molar-refractivity contribution in [2.75, 3.05) is 5.43 Å². The van der Waals surface area contributed by atoms with Crippen LogP contribution in [0.5, 0.6) is 0 Å². The predicted molar refractivity (Wildman–Crippen MR) is 73.5 cm³/mol. The molecule has 5 N–H and O–H groups in total. The van der Waals surface area contributed by atoms with Gasteiger partial charge < -0.3 is 15.7 Å². The summed E-state index contributed by atoms with van der Waals surface area (Å²) in [5, 5.41) is 2.86. The SMILES string of the molecule is Cc1ccc(C(=O)NC(C)c2ncc[nH]2)c(NN)c1. The number of hydrazine groups is 1. The van der Waals surface area contributed by atoms with Gasteiger partial charge in [-0.15, -0.1) is 0 Å². The van der Waals surface area contributed by atoms with Crippen LogP contribution < -0.4 is 16.6 Å². The highest BCUT2D eigenvalue weighted by Crippen LogP contribution is 2.17. The quantitative estimate of drug-likeness (QED) is 0.494. The van der Waals surface area contributed by atoms with Crippen LogP contribution in [0, 0.1) is 6.92 Å². The van der Waals surface area contributed by atoms with E-state index in [0.29, 0.717) is 17.1 Å². The van der Waals surface area contributed by atoms with Crippen molar-refractivity contribution >= 4 is 11.6 Å². The Morgan fingerprint density at radius 1 is 1.47 bits per heavy atom. The summed E-state index contributed by atoms with van der Waals surface area (Å²) in [6, 6.07) is 5.24. The highest BCUT2D eigenvalue weighted by atomic mass is 16.1. The summed E-state index contributed by atoms with van der Waals surface area (Å²) in [5.41, 5.74) is 4.68. The summed E-state index contributed by atoms with van der Waals surface area (Å²) < 4.78 is 0. The van der Waals surface area contributed by atoms with E-state index in [4.69, 9.17) is 5.84 Å². The third kappa shape index (κ3) is 2.92. The van der Waals surface area contributed by atoms with Crippen molar-refractivity contribution in [3.05, 3.63) is 47.5 Å². The van der Waals surface area contributed by atoms with Gasteiger partial charge in [0.1, 0.15) is 5.82 Å². The average Bonchev–Trinajstić information content (AvgIpc) is 2.92. The number of carbonyl (C=O) groups excluding carboxylic acids is 1. The second kappa shape index (κ2) is 5.53. The summed E-state index contributed by atoms with van der Waals surface area (Å²) in [6.45, 7) is 3.80. The zero-order chi connectivity index (χ0) is 13.8. The lowest BCUT2D eigenvalue weighted by Crippen LogP contribution is -2.28. The van der Waals surface area contributed by atoms with Crippen LogP contribution in [-0.2, 0) is 0 Å². The van der Waals surface area contributed by atoms with Crippen LogP contribution in [0.3, 0.4) is 0 Å². The summed E-state index contributed by atoms with van der Waals surface area (Å²) in [5.74, 6) is 5.95. The van der Waals surface area contributed by atoms with Crippen molar-refractivity contribution in [1.29, 1.82) is 0 Å². The van der Waals surface area contributed by atoms with E-state index in [1.807, 2.05) is 26.0 Å². The van der Waals surface area contributed by atoms with Crippen LogP contribution in [0.2, 0.25) is 0 Å². The van der Waals surface area contributed by atoms with Crippen molar-refractivity contribution in [2.45, 2.75) is 19.9 Å². The number of benzene rings is 1. The first kappa shape index (κ1) is 13.1. The molecule has 1 atom stereocenters. The lowest BCUT2D eigenvalue weighted by Gasteiger charge is -2.14. The first-order chi connectivity index (χ1) is 9.11. The third-order valence-corrected chi connectivity index (χ3v) is 2.85. The van der Waals surface area contributed by atoms with Gasteiger partial charge in [0.2, 0.25) is 0 Å². The number of nitrogen functional groups attached to an aromatic ring is 1. The number of hydrogen-bond donors (Lipinski definition) is 4. The Kier molecular flexibility index (Phi) is 3.82. The van der Waals surface area contributed by atoms with E-state index in [0.717, 1.165) is 5.56 Å². The summed E-state index contributed by atoms with van der Waals surface area (Å²) >= 11 is 0. The number of amides is 1. The topological polar surface area (TPSA) is 95.8 Å². The Bertz CT molecular complexity index is 564. The Labute approximate surface area is 111 Å². The average molecular weight is 259 g/mol. The fraction of sp³-hybridized carbons (Fsp3) is 0.231. The van der Waals surface area contributed by atoms with Crippen molar-refractivity contribution < 1.29 is 4.79 Å². The Hall–Kier alpha value is -2.34. The molecule has 0 aliphatic carbocycles. The van der Waals surface area contributed by atoms with E-state index in [1.54, 1.807) is 18.5 Å². The highest BCUT2D eigenvalue weighted by molar-refractivity contribution is 5.99. The zero-order valence-electron chi connectivity index (χ0n) is 10.9. The molecule has 6 nitrogen and oxygen atoms in total. The van der Waals surface area contributed by atoms with Gasteiger partial charge in [-0.1, -0.05) is 6.07 Å². The molecule has 100 valence electrons. The third-order valence-electron chi connectivity index (χ3n) is 2.85. The Morgan fingerprint density at radius 3 is 2.89 bits per heavy atom. The highest BCUT2D eigenvalue weighted by Gasteiger charge is 2.15. The molecule has 19 heavy (non-hydrogen) atoms. The van der Waals surface area contributed by atoms with Crippen molar-refractivity contribution in [3.63, 3.8) is 0 Å². The fourth-order valence-corrected chi connectivity index (χ4v) is 1.83. The monoisotopic (exact) mass is 259 g/mol. The normalized spacial score (nSPS) is 11.9. The molecular formula is C13H17N5O. The molecule has 6 heteroatoms. The van der Waals surface area contributed by atoms with Gasteiger partial charge in [0.15, 0.2) is 0 Å². The number of rotatable bonds is 4. The van der Waals surface area contributed by atoms with Crippen LogP contribution in [0.4, 0.5) is 5.69 Å². The summed E-state index contributed by atoms with van der Waals surface area (Å²) in [4.78, 5) is 19.3. The number of H-pyrrole nitrogens is 1. The molecule has 0 spiro atoms. The van der Waals surface area contributed by atoms with Gasteiger partial charge in [-0.2, -0.15) is 0 Å². The standard InChI is InChI=1S/C13H17N5O/c1-8-3-4-10(11(7-8)18-14)13(19)17-9(2)12-15-5-6-16-12/h3-7,9,18H,14H2,1-2H3,(H,15,16)(H,17,19). The minimum atomic E-state index is -0.200. The van der Waals surface area contributed by atoms with E-state index in [-0.39, 0.29) is 11.9 Å². The van der Waals surface area contributed by atoms with Gasteiger partial charge in [-0.3, -0.25) is 10.6 Å². The molecule has 1 amide bonds. The molecule has 0 saturated carbocycles. The number of nitrogens with one attached hydrogen (secondary N) is 3. The summed E-state index contributed by atoms with van der Waals surface area (Å²) in [6.07, 6.45) is 3.37. The minimum Gasteiger partial charge on any atom is -0.347 e. The smallest absolute Gasteiger partial charge is 0.254 e. The second-order valence-electron chi connectivity index (χ2n) is 4.36. The number of anilines is 1. The second-order valence-corrected chi connectivity index (χ2v) is 4.36. The molecule has 0 bridgehead atoms. The van der Waals surface area contributed by atoms with E-state index >= 15 is 0 Å². The predicted octanol–water partition coefficient (Wildman–Crippen LogP) is 1.49. The van der Waals surface area contributed by atoms with Gasteiger partial charge in [-0.25, -0.2) is 4.98 Å². The first-order valence-electron chi connectivity index (χ1n) is 5.99. The zero-order valence-corrected chi connectivity index (χ0v) is 10.9. The number of nitrogens with zero attached hydrogens (tertiary/aromatic N) is 1. The van der Waals surface area contributed by atoms with E-state index in [9.17, 15) is 4.79 Å². The molecule has 0 fully saturated rings. The number of carbonyl (C=O) groups is 1. The molecular weight excluding hydrogens is 242 g/mol. The lowest BCUT2D eigenvalue weighted by atomic mass is 10.1. The molecule has 0 radical (unpaired) electrons. The van der Waals surface area contributed by atoms with Gasteiger partial charge in [-0.05, 0) is 31.5 Å². The van der Waals surface area contributed by atoms with Crippen molar-refractivity contribution in [1.82, 2.24) is 15.3 Å². The van der Waals surface area contributed by atoms with E-state index in [1.165, 1.54) is 0 Å². The molecule has 0 saturated heterocycles. The molecule has 2 rings (SSSR count). The van der Waals surface area contributed by atoms with E-state index in [2.05, 4.69) is 20.7 Å². The van der Waals surface area contributed by atoms with Crippen LogP contribution in [0.25, 0.3) is 0 Å². The molecule has 0 aliphatic heterocycles.